The Morgan fingerprint density at radius 1 is 1.26 bits per heavy atom. The van der Waals surface area contributed by atoms with Crippen LogP contribution < -0.4 is 5.32 Å². The zero-order chi connectivity index (χ0) is 19.4. The fourth-order valence-electron chi connectivity index (χ4n) is 3.15. The highest BCUT2D eigenvalue weighted by Gasteiger charge is 2.46. The maximum Gasteiger partial charge on any atom is 0.419 e. The van der Waals surface area contributed by atoms with Crippen LogP contribution in [0, 0.1) is 24.1 Å². The summed E-state index contributed by atoms with van der Waals surface area (Å²) in [6, 6.07) is 6.72. The molecule has 0 aliphatic heterocycles. The van der Waals surface area contributed by atoms with E-state index in [1.807, 2.05) is 6.07 Å². The standard InChI is InChI=1S/C18H13F4N5/c1-10-6-15(27-16(25-10)11(8-23)9-24-27)26-17(4-5-17)12-2-3-13(14(19)7-12)18(20,21)22/h2-3,6-7,9,26H,4-5H2,1H3. The van der Waals surface area contributed by atoms with E-state index in [-0.39, 0.29) is 0 Å². The van der Waals surface area contributed by atoms with Crippen LogP contribution in [0.2, 0.25) is 0 Å². The summed E-state index contributed by atoms with van der Waals surface area (Å²) in [5.74, 6) is -0.758. The lowest BCUT2D eigenvalue weighted by Gasteiger charge is -2.21. The molecule has 2 heterocycles. The molecule has 0 saturated heterocycles. The van der Waals surface area contributed by atoms with Gasteiger partial charge in [-0.2, -0.15) is 28.0 Å². The second-order valence-electron chi connectivity index (χ2n) is 6.59. The normalized spacial score (nSPS) is 15.6. The number of nitrogens with zero attached hydrogens (tertiary/aromatic N) is 4. The maximum absolute atomic E-state index is 14.0. The van der Waals surface area contributed by atoms with E-state index >= 15 is 0 Å². The van der Waals surface area contributed by atoms with Crippen molar-refractivity contribution in [1.82, 2.24) is 14.6 Å². The van der Waals surface area contributed by atoms with E-state index in [0.717, 1.165) is 12.1 Å². The first-order valence-corrected chi connectivity index (χ1v) is 8.14. The van der Waals surface area contributed by atoms with Gasteiger partial charge in [0.1, 0.15) is 23.3 Å². The molecule has 1 aliphatic rings. The number of hydrogen-bond donors (Lipinski definition) is 1. The van der Waals surface area contributed by atoms with Crippen molar-refractivity contribution < 1.29 is 17.6 Å². The van der Waals surface area contributed by atoms with Crippen LogP contribution in [0.3, 0.4) is 0 Å². The third-order valence-electron chi connectivity index (χ3n) is 4.66. The molecule has 27 heavy (non-hydrogen) atoms. The number of anilines is 1. The molecule has 1 saturated carbocycles. The smallest absolute Gasteiger partial charge is 0.360 e. The lowest BCUT2D eigenvalue weighted by Crippen LogP contribution is -2.22. The second kappa shape index (κ2) is 5.67. The van der Waals surface area contributed by atoms with E-state index in [4.69, 9.17) is 5.26 Å². The number of fused-ring (bicyclic) bond motifs is 1. The molecule has 2 aromatic heterocycles. The third kappa shape index (κ3) is 2.87. The third-order valence-corrected chi connectivity index (χ3v) is 4.66. The number of hydrogen-bond acceptors (Lipinski definition) is 4. The van der Waals surface area contributed by atoms with Crippen LogP contribution in [0.1, 0.15) is 35.2 Å². The van der Waals surface area contributed by atoms with Gasteiger partial charge in [-0.3, -0.25) is 0 Å². The molecular weight excluding hydrogens is 362 g/mol. The lowest BCUT2D eigenvalue weighted by molar-refractivity contribution is -0.140. The molecule has 0 atom stereocenters. The number of alkyl halides is 3. The van der Waals surface area contributed by atoms with Gasteiger partial charge in [0, 0.05) is 11.8 Å². The molecule has 0 unspecified atom stereocenters. The molecule has 0 bridgehead atoms. The van der Waals surface area contributed by atoms with Gasteiger partial charge >= 0.3 is 6.18 Å². The molecule has 138 valence electrons. The Labute approximate surface area is 151 Å². The molecule has 3 aromatic rings. The van der Waals surface area contributed by atoms with Gasteiger partial charge in [0.2, 0.25) is 0 Å². The molecule has 0 radical (unpaired) electrons. The van der Waals surface area contributed by atoms with Crippen molar-refractivity contribution in [1.29, 1.82) is 5.26 Å². The van der Waals surface area contributed by atoms with E-state index in [2.05, 4.69) is 15.4 Å². The van der Waals surface area contributed by atoms with E-state index in [1.165, 1.54) is 16.8 Å². The average Bonchev–Trinajstić information content (AvgIpc) is 3.25. The minimum absolute atomic E-state index is 0.312. The van der Waals surface area contributed by atoms with Gasteiger partial charge in [0.15, 0.2) is 5.65 Å². The van der Waals surface area contributed by atoms with Crippen LogP contribution in [-0.2, 0) is 11.7 Å². The van der Waals surface area contributed by atoms with E-state index in [0.29, 0.717) is 41.1 Å². The number of halogens is 4. The van der Waals surface area contributed by atoms with Crippen LogP contribution in [0.15, 0.2) is 30.5 Å². The molecule has 0 amide bonds. The van der Waals surface area contributed by atoms with Crippen molar-refractivity contribution in [2.75, 3.05) is 5.32 Å². The minimum Gasteiger partial charge on any atom is -0.360 e. The highest BCUT2D eigenvalue weighted by atomic mass is 19.4. The fraction of sp³-hybridized carbons (Fsp3) is 0.278. The van der Waals surface area contributed by atoms with E-state index in [1.54, 1.807) is 13.0 Å². The van der Waals surface area contributed by atoms with Gasteiger partial charge in [0.05, 0.1) is 17.3 Å². The van der Waals surface area contributed by atoms with Crippen molar-refractivity contribution in [3.8, 4) is 6.07 Å². The molecule has 1 aromatic carbocycles. The van der Waals surface area contributed by atoms with Crippen LogP contribution in [0.25, 0.3) is 5.65 Å². The number of rotatable bonds is 3. The maximum atomic E-state index is 14.0. The Morgan fingerprint density at radius 2 is 2.00 bits per heavy atom. The number of benzene rings is 1. The zero-order valence-electron chi connectivity index (χ0n) is 14.1. The fourth-order valence-corrected chi connectivity index (χ4v) is 3.15. The van der Waals surface area contributed by atoms with Gasteiger partial charge in [0.25, 0.3) is 0 Å². The average molecular weight is 375 g/mol. The Bertz CT molecular complexity index is 1090. The Balaban J connectivity index is 1.73. The van der Waals surface area contributed by atoms with Crippen molar-refractivity contribution in [2.45, 2.75) is 31.5 Å². The number of nitriles is 1. The molecule has 9 heteroatoms. The molecule has 1 N–H and O–H groups in total. The lowest BCUT2D eigenvalue weighted by atomic mass is 10.0. The first-order chi connectivity index (χ1) is 12.7. The zero-order valence-corrected chi connectivity index (χ0v) is 14.1. The van der Waals surface area contributed by atoms with E-state index < -0.39 is 23.1 Å². The Morgan fingerprint density at radius 3 is 2.59 bits per heavy atom. The van der Waals surface area contributed by atoms with Gasteiger partial charge in [-0.25, -0.2) is 9.37 Å². The highest BCUT2D eigenvalue weighted by Crippen LogP contribution is 2.49. The molecule has 1 fully saturated rings. The van der Waals surface area contributed by atoms with Crippen molar-refractivity contribution in [2.24, 2.45) is 0 Å². The van der Waals surface area contributed by atoms with Crippen LogP contribution >= 0.6 is 0 Å². The minimum atomic E-state index is -4.73. The van der Waals surface area contributed by atoms with Gasteiger partial charge < -0.3 is 5.32 Å². The Hall–Kier alpha value is -3.15. The van der Waals surface area contributed by atoms with E-state index in [9.17, 15) is 17.6 Å². The summed E-state index contributed by atoms with van der Waals surface area (Å²) >= 11 is 0. The number of nitrogens with one attached hydrogen (secondary N) is 1. The molecular formula is C18H13F4N5. The molecule has 4 rings (SSSR count). The number of aryl methyl sites for hydroxylation is 1. The Kier molecular flexibility index (Phi) is 3.63. The largest absolute Gasteiger partial charge is 0.419 e. The summed E-state index contributed by atoms with van der Waals surface area (Å²) in [5, 5.41) is 16.6. The van der Waals surface area contributed by atoms with Crippen molar-refractivity contribution in [3.05, 3.63) is 58.7 Å². The topological polar surface area (TPSA) is 66.0 Å². The van der Waals surface area contributed by atoms with Gasteiger partial charge in [-0.05, 0) is 37.5 Å². The highest BCUT2D eigenvalue weighted by molar-refractivity contribution is 5.60. The molecule has 1 aliphatic carbocycles. The quantitative estimate of drug-likeness (QED) is 0.698. The second-order valence-corrected chi connectivity index (χ2v) is 6.59. The summed E-state index contributed by atoms with van der Waals surface area (Å²) < 4.78 is 53.8. The number of aromatic nitrogens is 3. The van der Waals surface area contributed by atoms with Crippen LogP contribution in [-0.4, -0.2) is 14.6 Å². The molecule has 5 nitrogen and oxygen atoms in total. The summed E-state index contributed by atoms with van der Waals surface area (Å²) in [6.07, 6.45) is -2.08. The predicted molar refractivity (Wildman–Crippen MR) is 88.4 cm³/mol. The first kappa shape index (κ1) is 17.3. The first-order valence-electron chi connectivity index (χ1n) is 8.14. The summed E-state index contributed by atoms with van der Waals surface area (Å²) in [5.41, 5.74) is -0.180. The van der Waals surface area contributed by atoms with Gasteiger partial charge in [-0.15, -0.1) is 0 Å². The van der Waals surface area contributed by atoms with Gasteiger partial charge in [-0.1, -0.05) is 6.07 Å². The van der Waals surface area contributed by atoms with Crippen molar-refractivity contribution >= 4 is 11.5 Å². The summed E-state index contributed by atoms with van der Waals surface area (Å²) in [6.45, 7) is 1.76. The molecule has 0 spiro atoms. The van der Waals surface area contributed by atoms with Crippen LogP contribution in [0.5, 0.6) is 0 Å². The summed E-state index contributed by atoms with van der Waals surface area (Å²) in [4.78, 5) is 4.30. The predicted octanol–water partition coefficient (Wildman–Crippen LogP) is 4.17. The summed E-state index contributed by atoms with van der Waals surface area (Å²) in [7, 11) is 0. The monoisotopic (exact) mass is 375 g/mol. The SMILES string of the molecule is Cc1cc(NC2(c3ccc(C(F)(F)F)c(F)c3)CC2)n2ncc(C#N)c2n1. The van der Waals surface area contributed by atoms with Crippen LogP contribution in [0.4, 0.5) is 23.4 Å². The van der Waals surface area contributed by atoms with Crippen molar-refractivity contribution in [3.63, 3.8) is 0 Å².